The number of nitrogens with zero attached hydrogens (tertiary/aromatic N) is 2. The van der Waals surface area contributed by atoms with Crippen LogP contribution in [0.3, 0.4) is 0 Å². The van der Waals surface area contributed by atoms with Crippen LogP contribution in [-0.2, 0) is 6.18 Å². The van der Waals surface area contributed by atoms with Gasteiger partial charge in [-0.3, -0.25) is 15.1 Å². The average molecular weight is 368 g/mol. The van der Waals surface area contributed by atoms with Crippen molar-refractivity contribution in [3.63, 3.8) is 0 Å². The number of aromatic nitrogens is 1. The largest absolute Gasteiger partial charge is 0.416 e. The lowest BCUT2D eigenvalue weighted by atomic mass is 10.1. The summed E-state index contributed by atoms with van der Waals surface area (Å²) in [5.74, 6) is 0. The lowest BCUT2D eigenvalue weighted by Crippen LogP contribution is -2.04. The maximum absolute atomic E-state index is 12.8. The second-order valence-electron chi connectivity index (χ2n) is 5.14. The van der Waals surface area contributed by atoms with Crippen molar-refractivity contribution >= 4 is 39.6 Å². The molecule has 0 aliphatic rings. The third kappa shape index (κ3) is 3.48. The van der Waals surface area contributed by atoms with Gasteiger partial charge in [0.1, 0.15) is 5.02 Å². The number of nitro benzene ring substituents is 1. The zero-order valence-electron chi connectivity index (χ0n) is 12.3. The molecule has 9 heteroatoms. The molecule has 0 aliphatic carbocycles. The molecule has 0 unspecified atom stereocenters. The minimum absolute atomic E-state index is 0.00930. The number of pyridine rings is 1. The number of nitro groups is 1. The summed E-state index contributed by atoms with van der Waals surface area (Å²) >= 11 is 5.76. The molecular weight excluding hydrogens is 359 g/mol. The van der Waals surface area contributed by atoms with E-state index in [1.165, 1.54) is 30.5 Å². The highest BCUT2D eigenvalue weighted by Gasteiger charge is 2.30. The number of fused-ring (bicyclic) bond motifs is 1. The van der Waals surface area contributed by atoms with Crippen LogP contribution in [0.4, 0.5) is 30.2 Å². The fraction of sp³-hybridized carbons (Fsp3) is 0.0625. The van der Waals surface area contributed by atoms with Gasteiger partial charge in [0.25, 0.3) is 5.69 Å². The Labute approximate surface area is 144 Å². The molecule has 3 aromatic rings. The molecule has 0 fully saturated rings. The van der Waals surface area contributed by atoms with E-state index in [9.17, 15) is 23.3 Å². The fourth-order valence-electron chi connectivity index (χ4n) is 2.32. The van der Waals surface area contributed by atoms with Gasteiger partial charge in [-0.15, -0.1) is 0 Å². The number of benzene rings is 2. The van der Waals surface area contributed by atoms with E-state index in [2.05, 4.69) is 10.3 Å². The summed E-state index contributed by atoms with van der Waals surface area (Å²) in [7, 11) is 0. The number of nitrogens with one attached hydrogen (secondary N) is 1. The van der Waals surface area contributed by atoms with Gasteiger partial charge in [-0.25, -0.2) is 0 Å². The van der Waals surface area contributed by atoms with Gasteiger partial charge in [0, 0.05) is 29.0 Å². The van der Waals surface area contributed by atoms with Crippen molar-refractivity contribution in [3.05, 3.63) is 69.4 Å². The highest BCUT2D eigenvalue weighted by atomic mass is 35.5. The molecule has 0 saturated heterocycles. The fourth-order valence-corrected chi connectivity index (χ4v) is 2.51. The summed E-state index contributed by atoms with van der Waals surface area (Å²) in [6.07, 6.45) is -3.11. The smallest absolute Gasteiger partial charge is 0.355 e. The molecule has 0 radical (unpaired) electrons. The first kappa shape index (κ1) is 17.0. The Morgan fingerprint density at radius 3 is 2.56 bits per heavy atom. The van der Waals surface area contributed by atoms with E-state index >= 15 is 0 Å². The molecule has 128 valence electrons. The number of halogens is 4. The molecule has 2 aromatic carbocycles. The molecule has 1 aromatic heterocycles. The molecule has 0 aliphatic heterocycles. The molecule has 0 amide bonds. The average Bonchev–Trinajstić information content (AvgIpc) is 2.55. The molecule has 1 heterocycles. The predicted octanol–water partition coefficient (Wildman–Crippen LogP) is 5.56. The van der Waals surface area contributed by atoms with Crippen LogP contribution in [0.1, 0.15) is 5.56 Å². The van der Waals surface area contributed by atoms with E-state index in [1.54, 1.807) is 6.07 Å². The second-order valence-corrected chi connectivity index (χ2v) is 5.54. The van der Waals surface area contributed by atoms with Gasteiger partial charge in [-0.1, -0.05) is 17.7 Å². The number of hydrogen-bond acceptors (Lipinski definition) is 4. The van der Waals surface area contributed by atoms with Crippen LogP contribution in [-0.4, -0.2) is 9.91 Å². The third-order valence-electron chi connectivity index (χ3n) is 3.49. The monoisotopic (exact) mass is 367 g/mol. The number of alkyl halides is 3. The van der Waals surface area contributed by atoms with E-state index < -0.39 is 16.7 Å². The molecule has 0 atom stereocenters. The van der Waals surface area contributed by atoms with Crippen LogP contribution >= 0.6 is 11.6 Å². The van der Waals surface area contributed by atoms with Crippen molar-refractivity contribution in [1.29, 1.82) is 0 Å². The molecule has 0 bridgehead atoms. The van der Waals surface area contributed by atoms with Gasteiger partial charge in [0.15, 0.2) is 0 Å². The molecule has 0 spiro atoms. The summed E-state index contributed by atoms with van der Waals surface area (Å²) in [6, 6.07) is 8.93. The van der Waals surface area contributed by atoms with Gasteiger partial charge in [-0.2, -0.15) is 13.2 Å². The van der Waals surface area contributed by atoms with Gasteiger partial charge < -0.3 is 5.32 Å². The Morgan fingerprint density at radius 2 is 1.88 bits per heavy atom. The molecule has 0 saturated carbocycles. The zero-order valence-corrected chi connectivity index (χ0v) is 13.1. The zero-order chi connectivity index (χ0) is 18.2. The molecule has 5 nitrogen and oxygen atoms in total. The molecule has 25 heavy (non-hydrogen) atoms. The van der Waals surface area contributed by atoms with Crippen LogP contribution in [0.25, 0.3) is 10.9 Å². The third-order valence-corrected chi connectivity index (χ3v) is 3.81. The first-order valence-electron chi connectivity index (χ1n) is 6.92. The second kappa shape index (κ2) is 6.21. The van der Waals surface area contributed by atoms with Crippen molar-refractivity contribution in [2.75, 3.05) is 5.32 Å². The first-order chi connectivity index (χ1) is 11.8. The van der Waals surface area contributed by atoms with Crippen molar-refractivity contribution in [1.82, 2.24) is 4.98 Å². The van der Waals surface area contributed by atoms with E-state index in [4.69, 9.17) is 11.6 Å². The standard InChI is InChI=1S/C16H9ClF3N3O2/c17-12-4-2-10(8-15(12)23(24)25)22-13-5-6-21-14-7-9(16(18,19)20)1-3-11(13)14/h1-8H,(H,21,22). The van der Waals surface area contributed by atoms with Crippen LogP contribution < -0.4 is 5.32 Å². The Bertz CT molecular complexity index is 976. The van der Waals surface area contributed by atoms with Gasteiger partial charge in [0.05, 0.1) is 16.0 Å². The minimum Gasteiger partial charge on any atom is -0.355 e. The van der Waals surface area contributed by atoms with Crippen molar-refractivity contribution in [3.8, 4) is 0 Å². The predicted molar refractivity (Wildman–Crippen MR) is 88.1 cm³/mol. The number of rotatable bonds is 3. The summed E-state index contributed by atoms with van der Waals surface area (Å²) in [5, 5.41) is 14.3. The minimum atomic E-state index is -4.46. The summed E-state index contributed by atoms with van der Waals surface area (Å²) < 4.78 is 38.4. The maximum atomic E-state index is 12.8. The summed E-state index contributed by atoms with van der Waals surface area (Å²) in [5.41, 5.74) is -0.0710. The Kier molecular flexibility index (Phi) is 4.22. The van der Waals surface area contributed by atoms with Crippen LogP contribution in [0, 0.1) is 10.1 Å². The lowest BCUT2D eigenvalue weighted by molar-refractivity contribution is -0.384. The van der Waals surface area contributed by atoms with Gasteiger partial charge in [-0.05, 0) is 30.3 Å². The summed E-state index contributed by atoms with van der Waals surface area (Å²) in [4.78, 5) is 14.3. The van der Waals surface area contributed by atoms with E-state index in [0.717, 1.165) is 12.1 Å². The summed E-state index contributed by atoms with van der Waals surface area (Å²) in [6.45, 7) is 0. The van der Waals surface area contributed by atoms with Crippen LogP contribution in [0.15, 0.2) is 48.7 Å². The highest BCUT2D eigenvalue weighted by Crippen LogP contribution is 2.34. The van der Waals surface area contributed by atoms with Crippen molar-refractivity contribution < 1.29 is 18.1 Å². The van der Waals surface area contributed by atoms with Crippen LogP contribution in [0.2, 0.25) is 5.02 Å². The maximum Gasteiger partial charge on any atom is 0.416 e. The SMILES string of the molecule is O=[N+]([O-])c1cc(Nc2ccnc3cc(C(F)(F)F)ccc23)ccc1Cl. The molecule has 3 rings (SSSR count). The molecular formula is C16H9ClF3N3O2. The number of hydrogen-bond donors (Lipinski definition) is 1. The Hall–Kier alpha value is -2.87. The number of anilines is 2. The topological polar surface area (TPSA) is 68.1 Å². The van der Waals surface area contributed by atoms with E-state index in [0.29, 0.717) is 16.8 Å². The highest BCUT2D eigenvalue weighted by molar-refractivity contribution is 6.32. The Balaban J connectivity index is 2.02. The normalized spacial score (nSPS) is 11.5. The molecule has 1 N–H and O–H groups in total. The van der Waals surface area contributed by atoms with Crippen molar-refractivity contribution in [2.24, 2.45) is 0 Å². The van der Waals surface area contributed by atoms with Crippen LogP contribution in [0.5, 0.6) is 0 Å². The van der Waals surface area contributed by atoms with Gasteiger partial charge >= 0.3 is 6.18 Å². The lowest BCUT2D eigenvalue weighted by Gasteiger charge is -2.12. The quantitative estimate of drug-likeness (QED) is 0.486. The first-order valence-corrected chi connectivity index (χ1v) is 7.30. The Morgan fingerprint density at radius 1 is 1.12 bits per heavy atom. The van der Waals surface area contributed by atoms with Crippen molar-refractivity contribution in [2.45, 2.75) is 6.18 Å². The van der Waals surface area contributed by atoms with E-state index in [1.807, 2.05) is 0 Å². The van der Waals surface area contributed by atoms with E-state index in [-0.39, 0.29) is 16.2 Å². The van der Waals surface area contributed by atoms with Gasteiger partial charge in [0.2, 0.25) is 0 Å².